The number of carboxylic acids is 1. The van der Waals surface area contributed by atoms with Crippen molar-refractivity contribution in [2.45, 2.75) is 31.6 Å². The van der Waals surface area contributed by atoms with Gasteiger partial charge in [-0.3, -0.25) is 9.59 Å². The number of allylic oxidation sites excluding steroid dienone is 1. The molecule has 37 heavy (non-hydrogen) atoms. The molecule has 0 saturated heterocycles. The number of benzene rings is 2. The predicted molar refractivity (Wildman–Crippen MR) is 144 cm³/mol. The van der Waals surface area contributed by atoms with E-state index in [0.717, 1.165) is 0 Å². The van der Waals surface area contributed by atoms with Gasteiger partial charge in [0.1, 0.15) is 0 Å². The lowest BCUT2D eigenvalue weighted by Gasteiger charge is -2.23. The normalized spacial score (nSPS) is 11.7. The van der Waals surface area contributed by atoms with Crippen LogP contribution in [-0.2, 0) is 11.3 Å². The molecule has 0 aliphatic rings. The lowest BCUT2D eigenvalue weighted by molar-refractivity contribution is -0.113. The summed E-state index contributed by atoms with van der Waals surface area (Å²) in [5.41, 5.74) is 0.893. The number of rotatable bonds is 11. The van der Waals surface area contributed by atoms with Gasteiger partial charge in [-0.2, -0.15) is 0 Å². The summed E-state index contributed by atoms with van der Waals surface area (Å²) in [5, 5.41) is 24.4. The first-order valence-electron chi connectivity index (χ1n) is 11.2. The standard InChI is InChI=1S/C25H25Cl2N5O4S/c1-4-11-32-22(21(14(2)3)29-23(34)18-10-7-16(26)12-19(18)27)30-31-25(32)37-13-20(33)28-17-8-5-15(6-9-17)24(35)36/h4-10,12,14,21H,1,11,13H2,2-3H3,(H,28,33)(H,29,34)(H,35,36)/t21-/m0/s1. The van der Waals surface area contributed by atoms with Crippen molar-refractivity contribution in [1.29, 1.82) is 0 Å². The second kappa shape index (κ2) is 12.8. The first kappa shape index (κ1) is 28.2. The van der Waals surface area contributed by atoms with Crippen molar-refractivity contribution in [3.63, 3.8) is 0 Å². The highest BCUT2D eigenvalue weighted by Gasteiger charge is 2.27. The van der Waals surface area contributed by atoms with E-state index in [1.807, 2.05) is 13.8 Å². The summed E-state index contributed by atoms with van der Waals surface area (Å²) in [7, 11) is 0. The second-order valence-corrected chi connectivity index (χ2v) is 10.1. The van der Waals surface area contributed by atoms with Gasteiger partial charge < -0.3 is 20.3 Å². The van der Waals surface area contributed by atoms with Crippen LogP contribution in [0.15, 0.2) is 60.3 Å². The molecule has 0 saturated carbocycles. The molecule has 0 unspecified atom stereocenters. The number of carbonyl (C=O) groups excluding carboxylic acids is 2. The summed E-state index contributed by atoms with van der Waals surface area (Å²) in [6.07, 6.45) is 1.68. The minimum absolute atomic E-state index is 0.0368. The summed E-state index contributed by atoms with van der Waals surface area (Å²) < 4.78 is 1.79. The van der Waals surface area contributed by atoms with Gasteiger partial charge in [0.05, 0.1) is 27.9 Å². The molecule has 2 aromatic carbocycles. The van der Waals surface area contributed by atoms with Gasteiger partial charge in [0.15, 0.2) is 11.0 Å². The van der Waals surface area contributed by atoms with Crippen molar-refractivity contribution in [2.24, 2.45) is 5.92 Å². The summed E-state index contributed by atoms with van der Waals surface area (Å²) in [6.45, 7) is 8.05. The SMILES string of the molecule is C=CCn1c(SCC(=O)Nc2ccc(C(=O)O)cc2)nnc1[C@@H](NC(=O)c1ccc(Cl)cc1Cl)C(C)C. The van der Waals surface area contributed by atoms with Crippen LogP contribution in [-0.4, -0.2) is 43.4 Å². The molecule has 1 atom stereocenters. The van der Waals surface area contributed by atoms with Crippen LogP contribution in [0.4, 0.5) is 5.69 Å². The number of nitrogens with zero attached hydrogens (tertiary/aromatic N) is 3. The highest BCUT2D eigenvalue weighted by Crippen LogP contribution is 2.27. The number of halogens is 2. The number of nitrogens with one attached hydrogen (secondary N) is 2. The topological polar surface area (TPSA) is 126 Å². The van der Waals surface area contributed by atoms with E-state index >= 15 is 0 Å². The van der Waals surface area contributed by atoms with Crippen LogP contribution >= 0.6 is 35.0 Å². The number of anilines is 1. The fourth-order valence-corrected chi connectivity index (χ4v) is 4.63. The third kappa shape index (κ3) is 7.34. The molecule has 194 valence electrons. The number of aromatic carboxylic acids is 1. The van der Waals surface area contributed by atoms with Crippen molar-refractivity contribution in [3.05, 3.63) is 82.1 Å². The monoisotopic (exact) mass is 561 g/mol. The maximum Gasteiger partial charge on any atom is 0.335 e. The van der Waals surface area contributed by atoms with Crippen LogP contribution in [0.25, 0.3) is 0 Å². The molecule has 3 rings (SSSR count). The van der Waals surface area contributed by atoms with E-state index in [4.69, 9.17) is 28.3 Å². The molecule has 9 nitrogen and oxygen atoms in total. The Bertz CT molecular complexity index is 1310. The number of thioether (sulfide) groups is 1. The number of hydrogen-bond acceptors (Lipinski definition) is 6. The Kier molecular flexibility index (Phi) is 9.73. The summed E-state index contributed by atoms with van der Waals surface area (Å²) in [6, 6.07) is 10.0. The highest BCUT2D eigenvalue weighted by molar-refractivity contribution is 7.99. The average molecular weight is 562 g/mol. The summed E-state index contributed by atoms with van der Waals surface area (Å²) >= 11 is 13.3. The van der Waals surface area contributed by atoms with Gasteiger partial charge >= 0.3 is 5.97 Å². The van der Waals surface area contributed by atoms with E-state index in [2.05, 4.69) is 27.4 Å². The number of carbonyl (C=O) groups is 3. The van der Waals surface area contributed by atoms with Crippen molar-refractivity contribution >= 4 is 58.4 Å². The zero-order chi connectivity index (χ0) is 27.1. The Morgan fingerprint density at radius 2 is 1.84 bits per heavy atom. The first-order chi connectivity index (χ1) is 17.6. The quantitative estimate of drug-likeness (QED) is 0.213. The minimum atomic E-state index is -1.04. The van der Waals surface area contributed by atoms with Crippen molar-refractivity contribution in [3.8, 4) is 0 Å². The second-order valence-electron chi connectivity index (χ2n) is 8.28. The van der Waals surface area contributed by atoms with Gasteiger partial charge in [0.2, 0.25) is 5.91 Å². The van der Waals surface area contributed by atoms with Gasteiger partial charge in [0, 0.05) is 17.3 Å². The van der Waals surface area contributed by atoms with Crippen molar-refractivity contribution in [1.82, 2.24) is 20.1 Å². The van der Waals surface area contributed by atoms with Gasteiger partial charge in [-0.05, 0) is 48.4 Å². The van der Waals surface area contributed by atoms with Crippen molar-refractivity contribution < 1.29 is 19.5 Å². The van der Waals surface area contributed by atoms with Crippen LogP contribution < -0.4 is 10.6 Å². The molecule has 3 aromatic rings. The van der Waals surface area contributed by atoms with Crippen LogP contribution in [0.5, 0.6) is 0 Å². The third-order valence-corrected chi connectivity index (χ3v) is 6.73. The van der Waals surface area contributed by atoms with Gasteiger partial charge in [-0.25, -0.2) is 4.79 Å². The third-order valence-electron chi connectivity index (χ3n) is 5.21. The van der Waals surface area contributed by atoms with E-state index in [0.29, 0.717) is 28.2 Å². The molecule has 0 radical (unpaired) electrons. The Balaban J connectivity index is 1.74. The molecule has 2 amide bonds. The minimum Gasteiger partial charge on any atom is -0.478 e. The van der Waals surface area contributed by atoms with Crippen LogP contribution in [0.3, 0.4) is 0 Å². The summed E-state index contributed by atoms with van der Waals surface area (Å²) in [5.74, 6) is -1.21. The van der Waals surface area contributed by atoms with Crippen molar-refractivity contribution in [2.75, 3.05) is 11.1 Å². The fraction of sp³-hybridized carbons (Fsp3) is 0.240. The van der Waals surface area contributed by atoms with Gasteiger partial charge in [0.25, 0.3) is 5.91 Å². The number of carboxylic acid groups (broad SMARTS) is 1. The Labute approximate surface area is 228 Å². The molecule has 0 aliphatic heterocycles. The van der Waals surface area contributed by atoms with E-state index in [1.54, 1.807) is 22.8 Å². The van der Waals surface area contributed by atoms with Crippen LogP contribution in [0.2, 0.25) is 10.0 Å². The fourth-order valence-electron chi connectivity index (χ4n) is 3.38. The Morgan fingerprint density at radius 3 is 2.43 bits per heavy atom. The van der Waals surface area contributed by atoms with Crippen LogP contribution in [0, 0.1) is 5.92 Å². The largest absolute Gasteiger partial charge is 0.478 e. The molecule has 0 spiro atoms. The lowest BCUT2D eigenvalue weighted by atomic mass is 10.0. The number of amides is 2. The average Bonchev–Trinajstić information content (AvgIpc) is 3.23. The lowest BCUT2D eigenvalue weighted by Crippen LogP contribution is -2.34. The molecular weight excluding hydrogens is 537 g/mol. The van der Waals surface area contributed by atoms with Gasteiger partial charge in [-0.1, -0.05) is 54.9 Å². The Morgan fingerprint density at radius 1 is 1.14 bits per heavy atom. The summed E-state index contributed by atoms with van der Waals surface area (Å²) in [4.78, 5) is 36.4. The molecule has 0 bridgehead atoms. The van der Waals surface area contributed by atoms with E-state index in [9.17, 15) is 14.4 Å². The van der Waals surface area contributed by atoms with E-state index in [1.165, 1.54) is 42.1 Å². The number of hydrogen-bond donors (Lipinski definition) is 3. The first-order valence-corrected chi connectivity index (χ1v) is 12.9. The number of aromatic nitrogens is 3. The predicted octanol–water partition coefficient (Wildman–Crippen LogP) is 5.33. The molecule has 12 heteroatoms. The van der Waals surface area contributed by atoms with E-state index in [-0.39, 0.29) is 39.6 Å². The molecule has 3 N–H and O–H groups in total. The molecule has 0 fully saturated rings. The van der Waals surface area contributed by atoms with Crippen LogP contribution in [0.1, 0.15) is 46.4 Å². The zero-order valence-electron chi connectivity index (χ0n) is 20.1. The molecular formula is C25H25Cl2N5O4S. The highest BCUT2D eigenvalue weighted by atomic mass is 35.5. The van der Waals surface area contributed by atoms with E-state index < -0.39 is 12.0 Å². The maximum atomic E-state index is 13.0. The Hall–Kier alpha value is -3.34. The maximum absolute atomic E-state index is 13.0. The molecule has 1 aromatic heterocycles. The molecule has 0 aliphatic carbocycles. The smallest absolute Gasteiger partial charge is 0.335 e. The molecule has 1 heterocycles. The zero-order valence-corrected chi connectivity index (χ0v) is 22.4. The van der Waals surface area contributed by atoms with Gasteiger partial charge in [-0.15, -0.1) is 16.8 Å².